The van der Waals surface area contributed by atoms with Crippen LogP contribution in [0.5, 0.6) is 0 Å². The predicted molar refractivity (Wildman–Crippen MR) is 122 cm³/mol. The summed E-state index contributed by atoms with van der Waals surface area (Å²) in [5.74, 6) is -3.53. The monoisotopic (exact) mass is 525 g/mol. The molecule has 1 aliphatic carbocycles. The van der Waals surface area contributed by atoms with E-state index in [2.05, 4.69) is 15.4 Å². The van der Waals surface area contributed by atoms with Gasteiger partial charge in [0.05, 0.1) is 6.04 Å². The van der Waals surface area contributed by atoms with Crippen LogP contribution in [0.2, 0.25) is 0 Å². The molecule has 2 aliphatic heterocycles. The number of aliphatic hydroxyl groups excluding tert-OH is 1. The minimum Gasteiger partial charge on any atom is -0.378 e. The highest BCUT2D eigenvalue weighted by Crippen LogP contribution is 2.43. The maximum atomic E-state index is 13.5. The van der Waals surface area contributed by atoms with Gasteiger partial charge in [0.15, 0.2) is 11.9 Å². The number of nitrogens with zero attached hydrogens (tertiary/aromatic N) is 1. The molecule has 9 nitrogen and oxygen atoms in total. The molecule has 1 aromatic rings. The molecule has 202 valence electrons. The zero-order chi connectivity index (χ0) is 26.7. The van der Waals surface area contributed by atoms with E-state index in [1.165, 1.54) is 4.90 Å². The molecule has 3 aliphatic rings. The number of rotatable bonds is 9. The smallest absolute Gasteiger partial charge is 0.378 e. The van der Waals surface area contributed by atoms with Gasteiger partial charge in [-0.05, 0) is 43.1 Å². The molecular weight excluding hydrogens is 495 g/mol. The van der Waals surface area contributed by atoms with E-state index < -0.39 is 54.7 Å². The second-order valence-electron chi connectivity index (χ2n) is 9.88. The van der Waals surface area contributed by atoms with Gasteiger partial charge in [-0.15, -0.1) is 13.2 Å². The minimum absolute atomic E-state index is 0.0333. The Balaban J connectivity index is 1.53. The van der Waals surface area contributed by atoms with Crippen LogP contribution in [-0.2, 0) is 23.9 Å². The van der Waals surface area contributed by atoms with Gasteiger partial charge in [-0.3, -0.25) is 23.9 Å². The number of fused-ring (bicyclic) bond motifs is 1. The second kappa shape index (κ2) is 11.2. The number of ether oxygens (including phenoxy) is 1. The topological polar surface area (TPSA) is 125 Å². The third-order valence-corrected chi connectivity index (χ3v) is 7.56. The number of benzene rings is 1. The maximum Gasteiger partial charge on any atom is 0.522 e. The van der Waals surface area contributed by atoms with Gasteiger partial charge in [0.25, 0.3) is 5.91 Å². The van der Waals surface area contributed by atoms with Crippen LogP contribution < -0.4 is 10.6 Å². The van der Waals surface area contributed by atoms with E-state index in [-0.39, 0.29) is 30.7 Å². The van der Waals surface area contributed by atoms with Crippen LogP contribution in [0.25, 0.3) is 0 Å². The number of halogens is 3. The molecule has 0 spiro atoms. The Bertz CT molecular complexity index is 1020. The highest BCUT2D eigenvalue weighted by Gasteiger charge is 2.51. The van der Waals surface area contributed by atoms with Gasteiger partial charge in [-0.1, -0.05) is 36.8 Å². The lowest BCUT2D eigenvalue weighted by atomic mass is 9.92. The number of alkyl halides is 3. The van der Waals surface area contributed by atoms with E-state index in [1.54, 1.807) is 30.3 Å². The first-order valence-corrected chi connectivity index (χ1v) is 12.4. The van der Waals surface area contributed by atoms with Crippen LogP contribution in [0.4, 0.5) is 13.2 Å². The van der Waals surface area contributed by atoms with Crippen molar-refractivity contribution >= 4 is 23.5 Å². The molecule has 3 fully saturated rings. The number of carbonyl (C=O) groups is 4. The molecule has 12 heteroatoms. The lowest BCUT2D eigenvalue weighted by Gasteiger charge is -2.30. The lowest BCUT2D eigenvalue weighted by Crippen LogP contribution is -2.54. The molecule has 2 heterocycles. The summed E-state index contributed by atoms with van der Waals surface area (Å²) in [5, 5.41) is 15.8. The van der Waals surface area contributed by atoms with E-state index in [1.807, 2.05) is 0 Å². The summed E-state index contributed by atoms with van der Waals surface area (Å²) in [6.45, 7) is -0.690. The first-order valence-electron chi connectivity index (χ1n) is 12.4. The van der Waals surface area contributed by atoms with Crippen molar-refractivity contribution in [2.45, 2.75) is 56.7 Å². The number of carbonyl (C=O) groups excluding carboxylic acids is 4. The second-order valence-corrected chi connectivity index (χ2v) is 9.88. The van der Waals surface area contributed by atoms with Gasteiger partial charge in [0.2, 0.25) is 11.8 Å². The van der Waals surface area contributed by atoms with Gasteiger partial charge < -0.3 is 20.6 Å². The van der Waals surface area contributed by atoms with Crippen molar-refractivity contribution in [1.29, 1.82) is 0 Å². The molecule has 6 atom stereocenters. The summed E-state index contributed by atoms with van der Waals surface area (Å²) in [6, 6.07) is 5.88. The van der Waals surface area contributed by atoms with Crippen molar-refractivity contribution in [2.24, 2.45) is 17.8 Å². The molecule has 0 bridgehead atoms. The summed E-state index contributed by atoms with van der Waals surface area (Å²) >= 11 is 0. The average Bonchev–Trinajstić information content (AvgIpc) is 3.57. The molecular formula is C25H30F3N3O6. The third kappa shape index (κ3) is 6.30. The Hall–Kier alpha value is -2.99. The number of ketones is 1. The van der Waals surface area contributed by atoms with Crippen molar-refractivity contribution in [1.82, 2.24) is 15.5 Å². The van der Waals surface area contributed by atoms with E-state index in [4.69, 9.17) is 0 Å². The van der Waals surface area contributed by atoms with Gasteiger partial charge in [0.1, 0.15) is 12.6 Å². The molecule has 0 radical (unpaired) electrons. The SMILES string of the molecule is O=C(COC(F)(F)F)C(C[C@@H]1CCNC1=O)NC(=O)[C@@H]1[C@H]2CCC[C@H]2CN1C(=O)C(O)c1ccccc1. The molecule has 1 saturated carbocycles. The lowest BCUT2D eigenvalue weighted by molar-refractivity contribution is -0.321. The molecule has 2 unspecified atom stereocenters. The van der Waals surface area contributed by atoms with E-state index in [0.717, 1.165) is 12.8 Å². The van der Waals surface area contributed by atoms with Crippen LogP contribution in [0, 0.1) is 17.8 Å². The fourth-order valence-corrected chi connectivity index (χ4v) is 5.74. The fraction of sp³-hybridized carbons (Fsp3) is 0.600. The molecule has 3 amide bonds. The van der Waals surface area contributed by atoms with Gasteiger partial charge in [-0.25, -0.2) is 0 Å². The minimum atomic E-state index is -5.03. The number of nitrogens with one attached hydrogen (secondary N) is 2. The van der Waals surface area contributed by atoms with Crippen LogP contribution >= 0.6 is 0 Å². The standard InChI is InChI=1S/C25H30F3N3O6/c26-25(27,28)37-13-19(32)18(11-15-9-10-29-22(15)34)30-23(35)20-17-8-4-7-16(17)12-31(20)24(36)21(33)14-5-2-1-3-6-14/h1-3,5-6,15-18,20-21,33H,4,7-13H2,(H,29,34)(H,30,35)/t15-,16-,17-,18?,20-,21?/m0/s1. The van der Waals surface area contributed by atoms with E-state index in [9.17, 15) is 37.5 Å². The fourth-order valence-electron chi connectivity index (χ4n) is 5.74. The molecule has 0 aromatic heterocycles. The number of hydrogen-bond acceptors (Lipinski definition) is 6. The molecule has 3 N–H and O–H groups in total. The van der Waals surface area contributed by atoms with Crippen LogP contribution in [-0.4, -0.2) is 71.7 Å². The summed E-state index contributed by atoms with van der Waals surface area (Å²) in [4.78, 5) is 52.9. The number of Topliss-reactive ketones (excluding diaryl/α,β-unsaturated/α-hetero) is 1. The number of hydrogen-bond donors (Lipinski definition) is 3. The summed E-state index contributed by atoms with van der Waals surface area (Å²) in [7, 11) is 0. The molecule has 4 rings (SSSR count). The number of amides is 3. The zero-order valence-corrected chi connectivity index (χ0v) is 20.1. The Labute approximate surface area is 211 Å². The van der Waals surface area contributed by atoms with Crippen molar-refractivity contribution in [3.05, 3.63) is 35.9 Å². The first kappa shape index (κ1) is 27.1. The summed E-state index contributed by atoms with van der Waals surface area (Å²) in [5.41, 5.74) is 0.369. The van der Waals surface area contributed by atoms with Gasteiger partial charge >= 0.3 is 6.36 Å². The Morgan fingerprint density at radius 1 is 1.16 bits per heavy atom. The van der Waals surface area contributed by atoms with E-state index in [0.29, 0.717) is 24.9 Å². The summed E-state index contributed by atoms with van der Waals surface area (Å²) in [6.07, 6.45) is -4.02. The van der Waals surface area contributed by atoms with Crippen molar-refractivity contribution in [2.75, 3.05) is 19.7 Å². The van der Waals surface area contributed by atoms with Crippen LogP contribution in [0.1, 0.15) is 43.8 Å². The Morgan fingerprint density at radius 3 is 2.54 bits per heavy atom. The highest BCUT2D eigenvalue weighted by molar-refractivity contribution is 5.95. The van der Waals surface area contributed by atoms with Crippen molar-refractivity contribution in [3.8, 4) is 0 Å². The van der Waals surface area contributed by atoms with Crippen molar-refractivity contribution in [3.63, 3.8) is 0 Å². The average molecular weight is 526 g/mol. The van der Waals surface area contributed by atoms with E-state index >= 15 is 0 Å². The quantitative estimate of drug-likeness (QED) is 0.449. The largest absolute Gasteiger partial charge is 0.522 e. The third-order valence-electron chi connectivity index (χ3n) is 7.56. The highest BCUT2D eigenvalue weighted by atomic mass is 19.4. The van der Waals surface area contributed by atoms with Crippen LogP contribution in [0.15, 0.2) is 30.3 Å². The summed E-state index contributed by atoms with van der Waals surface area (Å²) < 4.78 is 41.4. The van der Waals surface area contributed by atoms with Crippen LogP contribution in [0.3, 0.4) is 0 Å². The Morgan fingerprint density at radius 2 is 1.89 bits per heavy atom. The zero-order valence-electron chi connectivity index (χ0n) is 20.1. The normalized spacial score (nSPS) is 26.9. The van der Waals surface area contributed by atoms with Gasteiger partial charge in [0, 0.05) is 19.0 Å². The van der Waals surface area contributed by atoms with Crippen molar-refractivity contribution < 1.29 is 42.2 Å². The molecule has 37 heavy (non-hydrogen) atoms. The first-order chi connectivity index (χ1) is 17.5. The van der Waals surface area contributed by atoms with Gasteiger partial charge in [-0.2, -0.15) is 0 Å². The Kier molecular flexibility index (Phi) is 8.17. The maximum absolute atomic E-state index is 13.5. The number of aliphatic hydroxyl groups is 1. The number of likely N-dealkylation sites (tertiary alicyclic amines) is 1. The predicted octanol–water partition coefficient (Wildman–Crippen LogP) is 1.46. The molecule has 2 saturated heterocycles. The molecule has 1 aromatic carbocycles.